The van der Waals surface area contributed by atoms with E-state index < -0.39 is 23.3 Å². The van der Waals surface area contributed by atoms with E-state index in [1.54, 1.807) is 12.1 Å². The molecule has 0 saturated carbocycles. The number of fused-ring (bicyclic) bond motifs is 1. The monoisotopic (exact) mass is 457 g/mol. The number of H-pyrrole nitrogens is 1. The molecule has 0 saturated heterocycles. The second kappa shape index (κ2) is 8.41. The quantitative estimate of drug-likeness (QED) is 0.468. The highest BCUT2D eigenvalue weighted by atomic mass is 35.5. The molecule has 0 bridgehead atoms. The minimum Gasteiger partial charge on any atom is -0.326 e. The van der Waals surface area contributed by atoms with Gasteiger partial charge in [-0.15, -0.1) is 0 Å². The SMILES string of the molecule is Cc1ccc(Nc2nc3c(c(=O)[nH]2)[C@H](C(=O)Nc2ccc(Cl)c(Cl)c2)CC(=O)N3)cc1. The van der Waals surface area contributed by atoms with Gasteiger partial charge in [0.1, 0.15) is 5.82 Å². The van der Waals surface area contributed by atoms with Crippen LogP contribution in [-0.2, 0) is 9.59 Å². The van der Waals surface area contributed by atoms with Gasteiger partial charge < -0.3 is 16.0 Å². The third-order valence-electron chi connectivity index (χ3n) is 4.77. The summed E-state index contributed by atoms with van der Waals surface area (Å²) in [6, 6.07) is 12.1. The Morgan fingerprint density at radius 2 is 1.77 bits per heavy atom. The Kier molecular flexibility index (Phi) is 5.67. The lowest BCUT2D eigenvalue weighted by Crippen LogP contribution is -2.36. The summed E-state index contributed by atoms with van der Waals surface area (Å²) in [5.74, 6) is -1.76. The summed E-state index contributed by atoms with van der Waals surface area (Å²) < 4.78 is 0. The van der Waals surface area contributed by atoms with Gasteiger partial charge in [-0.05, 0) is 37.3 Å². The van der Waals surface area contributed by atoms with Crippen LogP contribution in [0.1, 0.15) is 23.5 Å². The molecule has 4 rings (SSSR count). The van der Waals surface area contributed by atoms with Crippen molar-refractivity contribution in [3.8, 4) is 0 Å². The van der Waals surface area contributed by atoms with Crippen LogP contribution in [0.4, 0.5) is 23.1 Å². The van der Waals surface area contributed by atoms with Crippen molar-refractivity contribution in [1.82, 2.24) is 9.97 Å². The van der Waals surface area contributed by atoms with Crippen LogP contribution in [0.5, 0.6) is 0 Å². The molecule has 0 aliphatic carbocycles. The molecule has 4 N–H and O–H groups in total. The lowest BCUT2D eigenvalue weighted by molar-refractivity contribution is -0.123. The summed E-state index contributed by atoms with van der Waals surface area (Å²) in [4.78, 5) is 44.8. The van der Waals surface area contributed by atoms with Gasteiger partial charge in [-0.2, -0.15) is 4.98 Å². The predicted molar refractivity (Wildman–Crippen MR) is 120 cm³/mol. The van der Waals surface area contributed by atoms with E-state index in [1.807, 2.05) is 31.2 Å². The zero-order valence-electron chi connectivity index (χ0n) is 16.3. The summed E-state index contributed by atoms with van der Waals surface area (Å²) in [6.07, 6.45) is -0.185. The zero-order chi connectivity index (χ0) is 22.1. The number of aromatic nitrogens is 2. The molecule has 0 spiro atoms. The highest BCUT2D eigenvalue weighted by molar-refractivity contribution is 6.42. The molecule has 1 atom stereocenters. The number of nitrogens with zero attached hydrogens (tertiary/aromatic N) is 1. The molecule has 1 aromatic heterocycles. The molecule has 0 radical (unpaired) electrons. The summed E-state index contributed by atoms with van der Waals surface area (Å²) in [5.41, 5.74) is 1.76. The van der Waals surface area contributed by atoms with Crippen LogP contribution in [0.2, 0.25) is 10.0 Å². The summed E-state index contributed by atoms with van der Waals surface area (Å²) >= 11 is 11.9. The van der Waals surface area contributed by atoms with Crippen molar-refractivity contribution in [2.45, 2.75) is 19.3 Å². The van der Waals surface area contributed by atoms with Crippen LogP contribution >= 0.6 is 23.2 Å². The Balaban J connectivity index is 1.63. The molecular formula is C21H17Cl2N5O3. The normalized spacial score (nSPS) is 15.1. The van der Waals surface area contributed by atoms with Gasteiger partial charge in [0, 0.05) is 17.8 Å². The van der Waals surface area contributed by atoms with Gasteiger partial charge in [-0.25, -0.2) is 0 Å². The number of anilines is 4. The fourth-order valence-electron chi connectivity index (χ4n) is 3.23. The van der Waals surface area contributed by atoms with Gasteiger partial charge in [-0.1, -0.05) is 40.9 Å². The average molecular weight is 458 g/mol. The first kappa shape index (κ1) is 20.9. The third kappa shape index (κ3) is 4.55. The molecule has 31 heavy (non-hydrogen) atoms. The lowest BCUT2D eigenvalue weighted by atomic mass is 9.92. The van der Waals surface area contributed by atoms with Crippen molar-refractivity contribution < 1.29 is 9.59 Å². The van der Waals surface area contributed by atoms with E-state index in [2.05, 4.69) is 25.9 Å². The molecule has 3 aromatic rings. The molecule has 2 heterocycles. The maximum atomic E-state index is 12.9. The summed E-state index contributed by atoms with van der Waals surface area (Å²) in [5, 5.41) is 8.84. The van der Waals surface area contributed by atoms with E-state index in [0.29, 0.717) is 16.4 Å². The molecular weight excluding hydrogens is 441 g/mol. The second-order valence-electron chi connectivity index (χ2n) is 7.09. The molecule has 8 nitrogen and oxygen atoms in total. The first-order chi connectivity index (χ1) is 14.8. The van der Waals surface area contributed by atoms with Crippen LogP contribution in [-0.4, -0.2) is 21.8 Å². The topological polar surface area (TPSA) is 116 Å². The maximum Gasteiger partial charge on any atom is 0.258 e. The molecule has 2 amide bonds. The number of carbonyl (C=O) groups is 2. The standard InChI is InChI=1S/C21H17Cl2N5O3/c1-10-2-4-11(5-3-10)25-21-27-18-17(20(31)28-21)13(9-16(29)26-18)19(30)24-12-6-7-14(22)15(23)8-12/h2-8,13H,9H2,1H3,(H,24,30)(H3,25,26,27,28,29,31)/t13-/m1/s1. The molecule has 0 unspecified atom stereocenters. The number of carbonyl (C=O) groups excluding carboxylic acids is 2. The second-order valence-corrected chi connectivity index (χ2v) is 7.91. The van der Waals surface area contributed by atoms with Crippen LogP contribution in [0.15, 0.2) is 47.3 Å². The van der Waals surface area contributed by atoms with E-state index in [1.165, 1.54) is 6.07 Å². The number of amides is 2. The Bertz CT molecular complexity index is 1240. The number of aryl methyl sites for hydroxylation is 1. The number of hydrogen-bond donors (Lipinski definition) is 4. The molecule has 1 aliphatic heterocycles. The van der Waals surface area contributed by atoms with Gasteiger partial charge in [-0.3, -0.25) is 19.4 Å². The van der Waals surface area contributed by atoms with Crippen molar-refractivity contribution in [3.05, 3.63) is 74.0 Å². The van der Waals surface area contributed by atoms with Crippen LogP contribution in [0.25, 0.3) is 0 Å². The van der Waals surface area contributed by atoms with Crippen molar-refractivity contribution in [2.24, 2.45) is 0 Å². The fraction of sp³-hybridized carbons (Fsp3) is 0.143. The lowest BCUT2D eigenvalue weighted by Gasteiger charge is -2.23. The van der Waals surface area contributed by atoms with Gasteiger partial charge >= 0.3 is 0 Å². The Hall–Kier alpha value is -3.36. The zero-order valence-corrected chi connectivity index (χ0v) is 17.8. The number of aromatic amines is 1. The number of hydrogen-bond acceptors (Lipinski definition) is 5. The van der Waals surface area contributed by atoms with E-state index in [9.17, 15) is 14.4 Å². The number of rotatable bonds is 4. The minimum absolute atomic E-state index is 0.0453. The van der Waals surface area contributed by atoms with Crippen LogP contribution < -0.4 is 21.5 Å². The fourth-order valence-corrected chi connectivity index (χ4v) is 3.53. The third-order valence-corrected chi connectivity index (χ3v) is 5.51. The predicted octanol–water partition coefficient (Wildman–Crippen LogP) is 4.19. The first-order valence-corrected chi connectivity index (χ1v) is 10.1. The minimum atomic E-state index is -1.01. The van der Waals surface area contributed by atoms with E-state index in [0.717, 1.165) is 5.56 Å². The average Bonchev–Trinajstić information content (AvgIpc) is 2.71. The largest absolute Gasteiger partial charge is 0.326 e. The van der Waals surface area contributed by atoms with E-state index in [-0.39, 0.29) is 28.8 Å². The van der Waals surface area contributed by atoms with Crippen molar-refractivity contribution in [3.63, 3.8) is 0 Å². The highest BCUT2D eigenvalue weighted by Gasteiger charge is 2.34. The van der Waals surface area contributed by atoms with Crippen LogP contribution in [0.3, 0.4) is 0 Å². The number of nitrogens with one attached hydrogen (secondary N) is 4. The van der Waals surface area contributed by atoms with Crippen molar-refractivity contribution in [2.75, 3.05) is 16.0 Å². The van der Waals surface area contributed by atoms with E-state index in [4.69, 9.17) is 23.2 Å². The number of benzene rings is 2. The molecule has 158 valence electrons. The van der Waals surface area contributed by atoms with Crippen molar-refractivity contribution in [1.29, 1.82) is 0 Å². The van der Waals surface area contributed by atoms with Gasteiger partial charge in [0.2, 0.25) is 17.8 Å². The molecule has 10 heteroatoms. The maximum absolute atomic E-state index is 12.9. The summed E-state index contributed by atoms with van der Waals surface area (Å²) in [7, 11) is 0. The van der Waals surface area contributed by atoms with Gasteiger partial charge in [0.25, 0.3) is 5.56 Å². The number of halogens is 2. The molecule has 1 aliphatic rings. The molecule has 2 aromatic carbocycles. The van der Waals surface area contributed by atoms with Crippen molar-refractivity contribution >= 4 is 58.2 Å². The van der Waals surface area contributed by atoms with Gasteiger partial charge in [0.15, 0.2) is 0 Å². The molecule has 0 fully saturated rings. The summed E-state index contributed by atoms with van der Waals surface area (Å²) in [6.45, 7) is 1.96. The Morgan fingerprint density at radius 1 is 1.06 bits per heavy atom. The Labute approximate surface area is 187 Å². The Morgan fingerprint density at radius 3 is 2.48 bits per heavy atom. The smallest absolute Gasteiger partial charge is 0.258 e. The van der Waals surface area contributed by atoms with Crippen LogP contribution in [0, 0.1) is 6.92 Å². The highest BCUT2D eigenvalue weighted by Crippen LogP contribution is 2.31. The van der Waals surface area contributed by atoms with Gasteiger partial charge in [0.05, 0.1) is 21.5 Å². The van der Waals surface area contributed by atoms with E-state index >= 15 is 0 Å². The first-order valence-electron chi connectivity index (χ1n) is 9.34.